The van der Waals surface area contributed by atoms with Crippen LogP contribution in [0.25, 0.3) is 0 Å². The first-order valence-corrected chi connectivity index (χ1v) is 7.29. The molecule has 2 N–H and O–H groups in total. The summed E-state index contributed by atoms with van der Waals surface area (Å²) in [6.45, 7) is 0. The van der Waals surface area contributed by atoms with Gasteiger partial charge in [-0.2, -0.15) is 0 Å². The van der Waals surface area contributed by atoms with Gasteiger partial charge in [-0.25, -0.2) is 0 Å². The van der Waals surface area contributed by atoms with Gasteiger partial charge in [0.25, 0.3) is 0 Å². The number of halogens is 1. The molecular formula is C14H17BrO3. The molecule has 18 heavy (non-hydrogen) atoms. The maximum absolute atomic E-state index is 11.3. The van der Waals surface area contributed by atoms with Gasteiger partial charge in [-0.1, -0.05) is 34.1 Å². The molecule has 0 spiro atoms. The van der Waals surface area contributed by atoms with Gasteiger partial charge in [-0.15, -0.1) is 0 Å². The molecule has 0 bridgehead atoms. The normalized spacial score (nSPS) is 18.3. The summed E-state index contributed by atoms with van der Waals surface area (Å²) in [4.78, 5) is 11.3. The number of aryl methyl sites for hydroxylation is 1. The average Bonchev–Trinajstić information content (AvgIpc) is 2.37. The molecule has 1 aromatic rings. The Balaban J connectivity index is 2.18. The molecule has 0 amide bonds. The monoisotopic (exact) mass is 312 g/mol. The fourth-order valence-electron chi connectivity index (χ4n) is 2.30. The van der Waals surface area contributed by atoms with E-state index in [4.69, 9.17) is 0 Å². The first-order chi connectivity index (χ1) is 8.61. The summed E-state index contributed by atoms with van der Waals surface area (Å²) in [6.07, 6.45) is 0.713. The first-order valence-electron chi connectivity index (χ1n) is 6.17. The molecule has 1 aliphatic carbocycles. The predicted molar refractivity (Wildman–Crippen MR) is 72.9 cm³/mol. The number of carbonyl (C=O) groups excluding carboxylic acids is 1. The Morgan fingerprint density at radius 3 is 2.72 bits per heavy atom. The minimum Gasteiger partial charge on any atom is -0.390 e. The second-order valence-electron chi connectivity index (χ2n) is 4.73. The number of ketones is 1. The highest BCUT2D eigenvalue weighted by Gasteiger charge is 2.21. The van der Waals surface area contributed by atoms with E-state index >= 15 is 0 Å². The molecule has 0 saturated carbocycles. The summed E-state index contributed by atoms with van der Waals surface area (Å²) in [5.41, 5.74) is 2.91. The lowest BCUT2D eigenvalue weighted by atomic mass is 9.88. The van der Waals surface area contributed by atoms with Crippen LogP contribution in [0, 0.1) is 0 Å². The van der Waals surface area contributed by atoms with Crippen LogP contribution in [0.5, 0.6) is 0 Å². The molecule has 0 heterocycles. The lowest BCUT2D eigenvalue weighted by molar-refractivity contribution is -0.118. The highest BCUT2D eigenvalue weighted by molar-refractivity contribution is 9.09. The number of hydrogen-bond acceptors (Lipinski definition) is 3. The maximum atomic E-state index is 11.3. The Hall–Kier alpha value is -0.710. The Kier molecular flexibility index (Phi) is 4.54. The quantitative estimate of drug-likeness (QED) is 0.835. The number of aliphatic hydroxyl groups excluding tert-OH is 2. The van der Waals surface area contributed by atoms with Crippen molar-refractivity contribution in [3.8, 4) is 0 Å². The van der Waals surface area contributed by atoms with Crippen LogP contribution in [0.3, 0.4) is 0 Å². The Morgan fingerprint density at radius 1 is 1.22 bits per heavy atom. The van der Waals surface area contributed by atoms with Crippen molar-refractivity contribution in [3.05, 3.63) is 34.9 Å². The number of hydrogen-bond donors (Lipinski definition) is 2. The van der Waals surface area contributed by atoms with Crippen LogP contribution < -0.4 is 0 Å². The van der Waals surface area contributed by atoms with Gasteiger partial charge in [0.15, 0.2) is 0 Å². The number of carbonyl (C=O) groups is 1. The molecule has 0 aliphatic heterocycles. The number of fused-ring (bicyclic) bond motifs is 1. The van der Waals surface area contributed by atoms with Gasteiger partial charge >= 0.3 is 0 Å². The molecule has 98 valence electrons. The zero-order valence-corrected chi connectivity index (χ0v) is 11.7. The summed E-state index contributed by atoms with van der Waals surface area (Å²) in [5.74, 6) is 0.273. The molecule has 1 aromatic carbocycles. The summed E-state index contributed by atoms with van der Waals surface area (Å²) in [6, 6.07) is 5.62. The molecule has 3 nitrogen and oxygen atoms in total. The Labute approximate surface area is 115 Å². The van der Waals surface area contributed by atoms with Crippen molar-refractivity contribution in [2.75, 3.05) is 5.33 Å². The number of Topliss-reactive ketones (excluding diaryl/α,β-unsaturated/α-hetero) is 1. The lowest BCUT2D eigenvalue weighted by Gasteiger charge is -2.21. The van der Waals surface area contributed by atoms with Gasteiger partial charge in [0.05, 0.1) is 6.10 Å². The van der Waals surface area contributed by atoms with Crippen LogP contribution in [0.1, 0.15) is 35.6 Å². The Morgan fingerprint density at radius 2 is 2.00 bits per heavy atom. The third-order valence-electron chi connectivity index (χ3n) is 3.40. The van der Waals surface area contributed by atoms with E-state index in [-0.39, 0.29) is 5.78 Å². The number of aliphatic hydroxyl groups is 2. The highest BCUT2D eigenvalue weighted by atomic mass is 79.9. The molecule has 4 heteroatoms. The molecule has 0 radical (unpaired) electrons. The van der Waals surface area contributed by atoms with Gasteiger partial charge < -0.3 is 10.2 Å². The lowest BCUT2D eigenvalue weighted by Crippen LogP contribution is -2.20. The van der Waals surface area contributed by atoms with Crippen LogP contribution in [0.2, 0.25) is 0 Å². The van der Waals surface area contributed by atoms with Crippen LogP contribution in [0.4, 0.5) is 0 Å². The van der Waals surface area contributed by atoms with E-state index in [1.807, 2.05) is 12.1 Å². The van der Waals surface area contributed by atoms with E-state index in [9.17, 15) is 15.0 Å². The van der Waals surface area contributed by atoms with Crippen LogP contribution in [-0.4, -0.2) is 27.4 Å². The zero-order chi connectivity index (χ0) is 13.1. The largest absolute Gasteiger partial charge is 0.390 e. The highest BCUT2D eigenvalue weighted by Crippen LogP contribution is 2.26. The van der Waals surface area contributed by atoms with E-state index in [0.29, 0.717) is 24.6 Å². The molecule has 2 unspecified atom stereocenters. The van der Waals surface area contributed by atoms with E-state index in [2.05, 4.69) is 15.9 Å². The van der Waals surface area contributed by atoms with Gasteiger partial charge in [0.1, 0.15) is 11.9 Å². The summed E-state index contributed by atoms with van der Waals surface area (Å²) < 4.78 is 0. The predicted octanol–water partition coefficient (Wildman–Crippen LogP) is 1.92. The minimum absolute atomic E-state index is 0.273. The smallest absolute Gasteiger partial charge is 0.137 e. The Bertz CT molecular complexity index is 445. The third-order valence-corrected chi connectivity index (χ3v) is 3.86. The molecule has 0 fully saturated rings. The van der Waals surface area contributed by atoms with Crippen molar-refractivity contribution in [1.29, 1.82) is 0 Å². The zero-order valence-electron chi connectivity index (χ0n) is 10.1. The summed E-state index contributed by atoms with van der Waals surface area (Å²) >= 11 is 3.25. The minimum atomic E-state index is -0.856. The molecule has 2 atom stereocenters. The van der Waals surface area contributed by atoms with Gasteiger partial charge in [-0.05, 0) is 29.5 Å². The number of rotatable bonds is 4. The van der Waals surface area contributed by atoms with Crippen molar-refractivity contribution < 1.29 is 15.0 Å². The van der Waals surface area contributed by atoms with Gasteiger partial charge in [0, 0.05) is 18.2 Å². The topological polar surface area (TPSA) is 57.5 Å². The average molecular weight is 313 g/mol. The van der Waals surface area contributed by atoms with Crippen LogP contribution in [0.15, 0.2) is 18.2 Å². The molecule has 1 aliphatic rings. The standard InChI is InChI=1S/C14H17BrO3/c15-6-5-13(17)14(18)11-2-1-10-8-12(16)4-3-9(10)7-11/h1-2,7,13-14,17-18H,3-6,8H2. The van der Waals surface area contributed by atoms with Crippen LogP contribution in [-0.2, 0) is 17.6 Å². The van der Waals surface area contributed by atoms with Crippen molar-refractivity contribution in [2.45, 2.75) is 37.9 Å². The molecule has 2 rings (SSSR count). The van der Waals surface area contributed by atoms with Crippen molar-refractivity contribution >= 4 is 21.7 Å². The summed E-state index contributed by atoms with van der Waals surface area (Å²) in [5, 5.41) is 20.5. The summed E-state index contributed by atoms with van der Waals surface area (Å²) in [7, 11) is 0. The van der Waals surface area contributed by atoms with E-state index in [1.165, 1.54) is 0 Å². The molecule has 0 aromatic heterocycles. The molecule has 0 saturated heterocycles. The molecular weight excluding hydrogens is 296 g/mol. The van der Waals surface area contributed by atoms with E-state index in [0.717, 1.165) is 23.1 Å². The van der Waals surface area contributed by atoms with E-state index in [1.54, 1.807) is 6.07 Å². The van der Waals surface area contributed by atoms with Crippen molar-refractivity contribution in [3.63, 3.8) is 0 Å². The fourth-order valence-corrected chi connectivity index (χ4v) is 2.77. The first kappa shape index (κ1) is 13.7. The maximum Gasteiger partial charge on any atom is 0.137 e. The fraction of sp³-hybridized carbons (Fsp3) is 0.500. The number of alkyl halides is 1. The van der Waals surface area contributed by atoms with Crippen molar-refractivity contribution in [2.24, 2.45) is 0 Å². The van der Waals surface area contributed by atoms with E-state index < -0.39 is 12.2 Å². The van der Waals surface area contributed by atoms with Gasteiger partial charge in [-0.3, -0.25) is 4.79 Å². The SMILES string of the molecule is O=C1CCc2cc(C(O)C(O)CCBr)ccc2C1. The second kappa shape index (κ2) is 5.95. The van der Waals surface area contributed by atoms with Crippen LogP contribution >= 0.6 is 15.9 Å². The van der Waals surface area contributed by atoms with Gasteiger partial charge in [0.2, 0.25) is 0 Å². The number of benzene rings is 1. The van der Waals surface area contributed by atoms with Crippen molar-refractivity contribution in [1.82, 2.24) is 0 Å². The third kappa shape index (κ3) is 2.99. The second-order valence-corrected chi connectivity index (χ2v) is 5.53.